The van der Waals surface area contributed by atoms with Crippen molar-refractivity contribution in [2.75, 3.05) is 24.3 Å². The van der Waals surface area contributed by atoms with Crippen LogP contribution in [-0.4, -0.2) is 19.6 Å². The van der Waals surface area contributed by atoms with Gasteiger partial charge in [0.1, 0.15) is 5.82 Å². The van der Waals surface area contributed by atoms with Crippen LogP contribution in [0.4, 0.5) is 21.5 Å². The van der Waals surface area contributed by atoms with Crippen LogP contribution in [0.2, 0.25) is 0 Å². The number of nitrogens with zero attached hydrogens (tertiary/aromatic N) is 1. The lowest BCUT2D eigenvalue weighted by atomic mass is 10.1. The van der Waals surface area contributed by atoms with E-state index < -0.39 is 5.97 Å². The number of hydrogen-bond acceptors (Lipinski definition) is 4. The van der Waals surface area contributed by atoms with Gasteiger partial charge in [0.25, 0.3) is 0 Å². The van der Waals surface area contributed by atoms with Gasteiger partial charge in [0.2, 0.25) is 0 Å². The number of carbonyl (C=O) groups excluding carboxylic acids is 1. The molecule has 2 rings (SSSR count). The summed E-state index contributed by atoms with van der Waals surface area (Å²) in [6, 6.07) is 11.2. The third-order valence-corrected chi connectivity index (χ3v) is 3.12. The Bertz CT molecular complexity index is 658. The van der Waals surface area contributed by atoms with E-state index in [4.69, 9.17) is 10.5 Å². The van der Waals surface area contributed by atoms with Gasteiger partial charge >= 0.3 is 5.97 Å². The van der Waals surface area contributed by atoms with Gasteiger partial charge in [-0.1, -0.05) is 12.1 Å². The first-order valence-corrected chi connectivity index (χ1v) is 6.59. The molecule has 0 unspecified atom stereocenters. The Labute approximate surface area is 122 Å². The molecule has 0 atom stereocenters. The molecule has 110 valence electrons. The zero-order valence-corrected chi connectivity index (χ0v) is 12.0. The summed E-state index contributed by atoms with van der Waals surface area (Å²) in [6.07, 6.45) is 0. The van der Waals surface area contributed by atoms with Crippen LogP contribution in [0.3, 0.4) is 0 Å². The predicted octanol–water partition coefficient (Wildman–Crippen LogP) is 3.35. The lowest BCUT2D eigenvalue weighted by molar-refractivity contribution is 0.0526. The molecular formula is C16H17FN2O2. The van der Waals surface area contributed by atoms with E-state index in [0.29, 0.717) is 29.2 Å². The van der Waals surface area contributed by atoms with Crippen LogP contribution in [0.15, 0.2) is 42.5 Å². The van der Waals surface area contributed by atoms with Crippen molar-refractivity contribution in [3.8, 4) is 0 Å². The molecule has 5 heteroatoms. The topological polar surface area (TPSA) is 55.6 Å². The van der Waals surface area contributed by atoms with Crippen molar-refractivity contribution < 1.29 is 13.9 Å². The number of rotatable bonds is 4. The van der Waals surface area contributed by atoms with Gasteiger partial charge in [-0.3, -0.25) is 0 Å². The quantitative estimate of drug-likeness (QED) is 0.692. The third kappa shape index (κ3) is 3.13. The highest BCUT2D eigenvalue weighted by atomic mass is 19.1. The summed E-state index contributed by atoms with van der Waals surface area (Å²) in [4.78, 5) is 13.4. The van der Waals surface area contributed by atoms with Gasteiger partial charge in [0.15, 0.2) is 0 Å². The minimum absolute atomic E-state index is 0.293. The highest BCUT2D eigenvalue weighted by Gasteiger charge is 2.15. The van der Waals surface area contributed by atoms with Crippen molar-refractivity contribution in [2.24, 2.45) is 0 Å². The Morgan fingerprint density at radius 2 is 1.95 bits per heavy atom. The number of halogens is 1. The molecule has 0 bridgehead atoms. The van der Waals surface area contributed by atoms with Crippen LogP contribution in [0, 0.1) is 5.82 Å². The van der Waals surface area contributed by atoms with E-state index in [0.717, 1.165) is 0 Å². The average molecular weight is 288 g/mol. The number of carbonyl (C=O) groups is 1. The molecule has 0 aromatic heterocycles. The summed E-state index contributed by atoms with van der Waals surface area (Å²) in [6.45, 7) is 2.03. The van der Waals surface area contributed by atoms with Crippen LogP contribution in [-0.2, 0) is 4.74 Å². The van der Waals surface area contributed by atoms with Crippen LogP contribution in [0.5, 0.6) is 0 Å². The maximum absolute atomic E-state index is 13.9. The average Bonchev–Trinajstić information content (AvgIpc) is 2.48. The van der Waals surface area contributed by atoms with E-state index in [1.807, 2.05) is 0 Å². The van der Waals surface area contributed by atoms with Gasteiger partial charge < -0.3 is 15.4 Å². The van der Waals surface area contributed by atoms with Crippen molar-refractivity contribution in [1.29, 1.82) is 0 Å². The van der Waals surface area contributed by atoms with Crippen LogP contribution >= 0.6 is 0 Å². The molecule has 0 amide bonds. The Morgan fingerprint density at radius 1 is 1.24 bits per heavy atom. The number of ether oxygens (including phenoxy) is 1. The fraction of sp³-hybridized carbons (Fsp3) is 0.188. The molecule has 0 heterocycles. The Morgan fingerprint density at radius 3 is 2.62 bits per heavy atom. The number of esters is 1. The predicted molar refractivity (Wildman–Crippen MR) is 81.3 cm³/mol. The van der Waals surface area contributed by atoms with Crippen molar-refractivity contribution in [3.05, 3.63) is 53.8 Å². The highest BCUT2D eigenvalue weighted by molar-refractivity contribution is 5.92. The second-order valence-electron chi connectivity index (χ2n) is 4.50. The number of anilines is 3. The molecule has 4 nitrogen and oxygen atoms in total. The van der Waals surface area contributed by atoms with Crippen LogP contribution in [0.25, 0.3) is 0 Å². The van der Waals surface area contributed by atoms with Gasteiger partial charge in [-0.2, -0.15) is 0 Å². The third-order valence-electron chi connectivity index (χ3n) is 3.12. The number of hydrogen-bond donors (Lipinski definition) is 1. The maximum atomic E-state index is 13.9. The van der Waals surface area contributed by atoms with Gasteiger partial charge in [0, 0.05) is 7.05 Å². The highest BCUT2D eigenvalue weighted by Crippen LogP contribution is 2.31. The standard InChI is InChI=1S/C16H17FN2O2/c1-3-21-16(20)11-8-9-13(18)15(10-11)19(2)14-7-5-4-6-12(14)17/h4-10H,3,18H2,1-2H3. The van der Waals surface area contributed by atoms with E-state index in [9.17, 15) is 9.18 Å². The molecule has 0 fully saturated rings. The minimum Gasteiger partial charge on any atom is -0.462 e. The van der Waals surface area contributed by atoms with Crippen molar-refractivity contribution >= 4 is 23.0 Å². The van der Waals surface area contributed by atoms with E-state index in [1.54, 1.807) is 55.3 Å². The van der Waals surface area contributed by atoms with Crippen molar-refractivity contribution in [2.45, 2.75) is 6.92 Å². The molecule has 0 spiro atoms. The fourth-order valence-electron chi connectivity index (χ4n) is 2.03. The molecule has 2 aromatic rings. The first kappa shape index (κ1) is 14.8. The SMILES string of the molecule is CCOC(=O)c1ccc(N)c(N(C)c2ccccc2F)c1. The molecule has 0 saturated heterocycles. The Balaban J connectivity index is 2.41. The van der Waals surface area contributed by atoms with Gasteiger partial charge in [-0.05, 0) is 37.3 Å². The summed E-state index contributed by atoms with van der Waals surface area (Å²) in [5, 5.41) is 0. The smallest absolute Gasteiger partial charge is 0.338 e. The summed E-state index contributed by atoms with van der Waals surface area (Å²) < 4.78 is 18.8. The second kappa shape index (κ2) is 6.26. The molecule has 0 radical (unpaired) electrons. The van der Waals surface area contributed by atoms with Gasteiger partial charge in [-0.25, -0.2) is 9.18 Å². The van der Waals surface area contributed by atoms with Crippen LogP contribution in [0.1, 0.15) is 17.3 Å². The normalized spacial score (nSPS) is 10.2. The summed E-state index contributed by atoms with van der Waals surface area (Å²) >= 11 is 0. The van der Waals surface area contributed by atoms with E-state index in [2.05, 4.69) is 0 Å². The number of nitrogen functional groups attached to an aromatic ring is 1. The molecule has 2 aromatic carbocycles. The number of benzene rings is 2. The molecule has 0 aliphatic carbocycles. The van der Waals surface area contributed by atoms with Gasteiger partial charge in [0.05, 0.1) is 29.2 Å². The molecule has 0 aliphatic rings. The summed E-state index contributed by atoms with van der Waals surface area (Å²) in [7, 11) is 1.69. The molecule has 0 aliphatic heterocycles. The summed E-state index contributed by atoms with van der Waals surface area (Å²) in [5.41, 5.74) is 7.69. The molecule has 0 saturated carbocycles. The maximum Gasteiger partial charge on any atom is 0.338 e. The van der Waals surface area contributed by atoms with Crippen LogP contribution < -0.4 is 10.6 Å². The van der Waals surface area contributed by atoms with E-state index in [1.165, 1.54) is 6.07 Å². The number of para-hydroxylation sites is 1. The van der Waals surface area contributed by atoms with Crippen molar-refractivity contribution in [1.82, 2.24) is 0 Å². The zero-order valence-electron chi connectivity index (χ0n) is 12.0. The molecule has 21 heavy (non-hydrogen) atoms. The monoisotopic (exact) mass is 288 g/mol. The lowest BCUT2D eigenvalue weighted by Crippen LogP contribution is -2.14. The minimum atomic E-state index is -0.430. The largest absolute Gasteiger partial charge is 0.462 e. The first-order valence-electron chi connectivity index (χ1n) is 6.59. The van der Waals surface area contributed by atoms with E-state index >= 15 is 0 Å². The fourth-order valence-corrected chi connectivity index (χ4v) is 2.03. The van der Waals surface area contributed by atoms with E-state index in [-0.39, 0.29) is 5.82 Å². The Kier molecular flexibility index (Phi) is 4.42. The summed E-state index contributed by atoms with van der Waals surface area (Å²) in [5.74, 6) is -0.790. The first-order chi connectivity index (χ1) is 10.0. The number of nitrogens with two attached hydrogens (primary N) is 1. The lowest BCUT2D eigenvalue weighted by Gasteiger charge is -2.22. The Hall–Kier alpha value is -2.56. The molecule has 2 N–H and O–H groups in total. The van der Waals surface area contributed by atoms with Crippen molar-refractivity contribution in [3.63, 3.8) is 0 Å². The zero-order chi connectivity index (χ0) is 15.4. The second-order valence-corrected chi connectivity index (χ2v) is 4.50. The van der Waals surface area contributed by atoms with Gasteiger partial charge in [-0.15, -0.1) is 0 Å². The molecular weight excluding hydrogens is 271 g/mol.